The van der Waals surface area contributed by atoms with E-state index >= 15 is 0 Å². The molecule has 0 bridgehead atoms. The third-order valence-corrected chi connectivity index (χ3v) is 3.16. The van der Waals surface area contributed by atoms with Crippen molar-refractivity contribution in [3.05, 3.63) is 72.2 Å². The van der Waals surface area contributed by atoms with Gasteiger partial charge in [0.05, 0.1) is 7.11 Å². The number of carbonyl (C=O) groups excluding carboxylic acids is 1. The average molecular weight is 268 g/mol. The van der Waals surface area contributed by atoms with Crippen LogP contribution in [-0.2, 0) is 4.42 Å². The predicted octanol–water partition coefficient (Wildman–Crippen LogP) is 3.81. The van der Waals surface area contributed by atoms with Crippen LogP contribution < -0.4 is 4.74 Å². The molecule has 0 saturated heterocycles. The maximum atomic E-state index is 5.14. The van der Waals surface area contributed by atoms with E-state index in [1.807, 2.05) is 24.3 Å². The molecule has 0 N–H and O–H groups in total. The van der Waals surface area contributed by atoms with E-state index in [0.717, 1.165) is 24.4 Å². The topological polar surface area (TPSA) is 20.5 Å². The lowest BCUT2D eigenvalue weighted by Crippen LogP contribution is -1.95. The van der Waals surface area contributed by atoms with Crippen LogP contribution in [0.2, 0.25) is 0 Å². The number of allylic oxidation sites excluding steroid dienone is 6. The second kappa shape index (κ2) is 7.49. The first-order chi connectivity index (χ1) is 9.81. The third-order valence-electron chi connectivity index (χ3n) is 3.16. The molecule has 1 aromatic carbocycles. The molecule has 20 heavy (non-hydrogen) atoms. The molecule has 1 aromatic rings. The summed E-state index contributed by atoms with van der Waals surface area (Å²) in [6.07, 6.45) is 14.6. The summed E-state index contributed by atoms with van der Waals surface area (Å²) in [5.74, 6) is 1.79. The second-order valence-electron chi connectivity index (χ2n) is 4.53. The van der Waals surface area contributed by atoms with E-state index in [2.05, 4.69) is 36.8 Å². The molecule has 2 nitrogen and oxygen atoms in total. The van der Waals surface area contributed by atoms with Gasteiger partial charge >= 0.3 is 5.78 Å². The molecule has 103 valence electrons. The number of ether oxygens (including phenoxy) is 1. The Kier molecular flexibility index (Phi) is 5.36. The molecule has 1 aliphatic rings. The van der Waals surface area contributed by atoms with Crippen molar-refractivity contribution >= 4 is 5.78 Å². The predicted molar refractivity (Wildman–Crippen MR) is 82.9 cm³/mol. The maximum Gasteiger partial charge on any atom is 0.343 e. The van der Waals surface area contributed by atoms with Gasteiger partial charge in [-0.2, -0.15) is 0 Å². The van der Waals surface area contributed by atoms with Gasteiger partial charge in [-0.1, -0.05) is 18.2 Å². The molecule has 2 heteroatoms. The highest BCUT2D eigenvalue weighted by Gasteiger charge is 2.04. The number of unbranched alkanes of at least 4 members (excludes halogenated alkanes) is 1. The van der Waals surface area contributed by atoms with Gasteiger partial charge < -0.3 is 4.74 Å². The third kappa shape index (κ3) is 4.23. The van der Waals surface area contributed by atoms with Crippen LogP contribution in [0, 0.1) is 6.42 Å². The molecule has 0 spiro atoms. The number of benzene rings is 1. The number of ketones is 1. The first-order valence-corrected chi connectivity index (χ1v) is 6.76. The first kappa shape index (κ1) is 14.3. The molecule has 0 saturated carbocycles. The molecule has 0 fully saturated rings. The Morgan fingerprint density at radius 2 is 1.70 bits per heavy atom. The van der Waals surface area contributed by atoms with Gasteiger partial charge in [0, 0.05) is 12.2 Å². The van der Waals surface area contributed by atoms with Crippen LogP contribution in [0.4, 0.5) is 0 Å². The molecular weight excluding hydrogens is 248 g/mol. The first-order valence-electron chi connectivity index (χ1n) is 6.76. The molecule has 1 radical (unpaired) electrons. The maximum absolute atomic E-state index is 5.14. The van der Waals surface area contributed by atoms with Gasteiger partial charge in [-0.05, 0) is 54.7 Å². The molecule has 1 aliphatic carbocycles. The lowest BCUT2D eigenvalue weighted by atomic mass is 10.0. The number of methoxy groups -OCH3 is 1. The van der Waals surface area contributed by atoms with Gasteiger partial charge in [-0.3, -0.25) is 4.42 Å². The van der Waals surface area contributed by atoms with Crippen molar-refractivity contribution in [2.24, 2.45) is 0 Å². The Hall–Kier alpha value is -2.09. The minimum Gasteiger partial charge on any atom is -0.497 e. The van der Waals surface area contributed by atoms with Crippen LogP contribution in [0.25, 0.3) is 0 Å². The van der Waals surface area contributed by atoms with Crippen molar-refractivity contribution in [2.75, 3.05) is 14.2 Å². The van der Waals surface area contributed by atoms with Gasteiger partial charge in [0.15, 0.2) is 0 Å². The Morgan fingerprint density at radius 3 is 2.30 bits per heavy atom. The van der Waals surface area contributed by atoms with Crippen LogP contribution in [0.1, 0.15) is 18.4 Å². The number of hydrogen-bond acceptors (Lipinski definition) is 1. The van der Waals surface area contributed by atoms with Gasteiger partial charge in [-0.25, -0.2) is 0 Å². The quantitative estimate of drug-likeness (QED) is 0.587. The van der Waals surface area contributed by atoms with E-state index < -0.39 is 0 Å². The van der Waals surface area contributed by atoms with Crippen LogP contribution >= 0.6 is 0 Å². The molecule has 2 rings (SSSR count). The molecule has 0 amide bonds. The summed E-state index contributed by atoms with van der Waals surface area (Å²) >= 11 is 0. The lowest BCUT2D eigenvalue weighted by Gasteiger charge is -2.02. The van der Waals surface area contributed by atoms with Gasteiger partial charge in [-0.15, -0.1) is 0 Å². The zero-order chi connectivity index (χ0) is 14.2. The summed E-state index contributed by atoms with van der Waals surface area (Å²) in [4.78, 5) is 0. The molecular formula is C18H20O2+. The Bertz CT molecular complexity index is 527. The number of rotatable bonds is 5. The molecule has 0 aromatic heterocycles. The normalized spacial score (nSPS) is 13.5. The van der Waals surface area contributed by atoms with Crippen molar-refractivity contribution in [2.45, 2.75) is 12.8 Å². The number of hydrogen-bond donors (Lipinski definition) is 0. The monoisotopic (exact) mass is 268 g/mol. The Balaban J connectivity index is 1.77. The van der Waals surface area contributed by atoms with E-state index in [1.165, 1.54) is 11.1 Å². The van der Waals surface area contributed by atoms with Gasteiger partial charge in [0.25, 0.3) is 7.11 Å². The van der Waals surface area contributed by atoms with E-state index in [1.54, 1.807) is 14.2 Å². The molecule has 0 atom stereocenters. The van der Waals surface area contributed by atoms with Gasteiger partial charge in [0.1, 0.15) is 5.75 Å². The lowest BCUT2D eigenvalue weighted by molar-refractivity contribution is -0.417. The SMILES string of the molecule is COc1ccc([CH]CCC=C2C=CC(=[O+]C)C=C2)cc1. The fourth-order valence-electron chi connectivity index (χ4n) is 1.98. The van der Waals surface area contributed by atoms with Crippen LogP contribution in [0.15, 0.2) is 60.2 Å². The summed E-state index contributed by atoms with van der Waals surface area (Å²) in [5, 5.41) is 0. The molecule has 0 aliphatic heterocycles. The van der Waals surface area contributed by atoms with Crippen LogP contribution in [-0.4, -0.2) is 20.0 Å². The van der Waals surface area contributed by atoms with E-state index in [4.69, 9.17) is 9.16 Å². The van der Waals surface area contributed by atoms with Crippen molar-refractivity contribution in [3.8, 4) is 5.75 Å². The summed E-state index contributed by atoms with van der Waals surface area (Å²) in [6, 6.07) is 8.12. The summed E-state index contributed by atoms with van der Waals surface area (Å²) in [7, 11) is 3.37. The minimum absolute atomic E-state index is 0.895. The van der Waals surface area contributed by atoms with Gasteiger partial charge in [0.2, 0.25) is 0 Å². The smallest absolute Gasteiger partial charge is 0.343 e. The highest BCUT2D eigenvalue weighted by atomic mass is 16.5. The largest absolute Gasteiger partial charge is 0.497 e. The van der Waals surface area contributed by atoms with Crippen molar-refractivity contribution in [3.63, 3.8) is 0 Å². The summed E-state index contributed by atoms with van der Waals surface area (Å²) in [5.41, 5.74) is 2.46. The highest BCUT2D eigenvalue weighted by Crippen LogP contribution is 2.15. The molecule has 0 heterocycles. The Labute approximate surface area is 120 Å². The summed E-state index contributed by atoms with van der Waals surface area (Å²) < 4.78 is 10.3. The fourth-order valence-corrected chi connectivity index (χ4v) is 1.98. The molecule has 0 unspecified atom stereocenters. The van der Waals surface area contributed by atoms with E-state index in [0.29, 0.717) is 0 Å². The fraction of sp³-hybridized carbons (Fsp3) is 0.222. The Morgan fingerprint density at radius 1 is 1.00 bits per heavy atom. The highest BCUT2D eigenvalue weighted by molar-refractivity contribution is 6.01. The minimum atomic E-state index is 0.895. The summed E-state index contributed by atoms with van der Waals surface area (Å²) in [6.45, 7) is 0. The van der Waals surface area contributed by atoms with Crippen LogP contribution in [0.3, 0.4) is 0 Å². The second-order valence-corrected chi connectivity index (χ2v) is 4.53. The average Bonchev–Trinajstić information content (AvgIpc) is 2.53. The van der Waals surface area contributed by atoms with Crippen molar-refractivity contribution in [1.29, 1.82) is 0 Å². The standard InChI is InChI=1S/C18H20O2/c1-19-17-11-7-15(8-12-17)5-3-4-6-16-9-13-18(20-2)14-10-16/h5-14H,3-4H2,1-2H3/q+1. The zero-order valence-corrected chi connectivity index (χ0v) is 12.0. The van der Waals surface area contributed by atoms with Crippen molar-refractivity contribution in [1.82, 2.24) is 0 Å². The van der Waals surface area contributed by atoms with Crippen LogP contribution in [0.5, 0.6) is 5.75 Å². The zero-order valence-electron chi connectivity index (χ0n) is 12.0. The van der Waals surface area contributed by atoms with Crippen molar-refractivity contribution < 1.29 is 9.16 Å². The van der Waals surface area contributed by atoms with E-state index in [-0.39, 0.29) is 0 Å². The van der Waals surface area contributed by atoms with E-state index in [9.17, 15) is 0 Å².